The summed E-state index contributed by atoms with van der Waals surface area (Å²) in [5, 5.41) is 28.4. The normalized spacial score (nSPS) is 14.4. The number of hydrogen-bond acceptors (Lipinski definition) is 3. The van der Waals surface area contributed by atoms with Gasteiger partial charge in [-0.2, -0.15) is 0 Å². The molecule has 3 N–H and O–H groups in total. The molecule has 0 heterocycles. The predicted molar refractivity (Wildman–Crippen MR) is 64.5 cm³/mol. The molecule has 4 nitrogen and oxygen atoms in total. The van der Waals surface area contributed by atoms with Crippen molar-refractivity contribution in [2.24, 2.45) is 0 Å². The van der Waals surface area contributed by atoms with Crippen molar-refractivity contribution in [3.05, 3.63) is 34.3 Å². The van der Waals surface area contributed by atoms with Crippen LogP contribution in [0.2, 0.25) is 5.02 Å². The molecule has 0 aliphatic rings. The van der Waals surface area contributed by atoms with Gasteiger partial charge < -0.3 is 15.3 Å². The number of rotatable bonds is 5. The van der Waals surface area contributed by atoms with Crippen LogP contribution in [0.3, 0.4) is 0 Å². The van der Waals surface area contributed by atoms with Crippen molar-refractivity contribution in [3.63, 3.8) is 0 Å². The Hall–Kier alpha value is -0.810. The van der Waals surface area contributed by atoms with Crippen LogP contribution in [0, 0.1) is 0 Å². The summed E-state index contributed by atoms with van der Waals surface area (Å²) >= 11 is 11.2. The van der Waals surface area contributed by atoms with E-state index in [1.165, 1.54) is 18.2 Å². The molecule has 17 heavy (non-hydrogen) atoms. The third-order valence-electron chi connectivity index (χ3n) is 2.29. The zero-order valence-electron chi connectivity index (χ0n) is 8.81. The molecule has 0 saturated heterocycles. The molecule has 1 rings (SSSR count). The first-order chi connectivity index (χ1) is 7.95. The number of hydrogen-bond donors (Lipinski definition) is 3. The first kappa shape index (κ1) is 14.3. The van der Waals surface area contributed by atoms with E-state index in [0.29, 0.717) is 16.1 Å². The fourth-order valence-electron chi connectivity index (χ4n) is 1.47. The van der Waals surface area contributed by atoms with Crippen molar-refractivity contribution in [1.29, 1.82) is 0 Å². The molecule has 94 valence electrons. The number of aliphatic hydroxyl groups excluding tert-OH is 2. The van der Waals surface area contributed by atoms with Crippen molar-refractivity contribution in [2.45, 2.75) is 18.6 Å². The first-order valence-corrected chi connectivity index (χ1v) is 5.79. The zero-order chi connectivity index (χ0) is 13.0. The summed E-state index contributed by atoms with van der Waals surface area (Å²) in [6, 6.07) is 4.46. The smallest absolute Gasteiger partial charge is 0.307 e. The van der Waals surface area contributed by atoms with E-state index in [-0.39, 0.29) is 12.3 Å². The van der Waals surface area contributed by atoms with Gasteiger partial charge in [-0.05, 0) is 23.3 Å². The van der Waals surface area contributed by atoms with Crippen LogP contribution in [0.25, 0.3) is 0 Å². The maximum atomic E-state index is 10.7. The average molecular weight is 279 g/mol. The molecule has 0 bridgehead atoms. The lowest BCUT2D eigenvalue weighted by Crippen LogP contribution is -2.21. The highest BCUT2D eigenvalue weighted by Gasteiger charge is 2.21. The Balaban J connectivity index is 3.09. The van der Waals surface area contributed by atoms with E-state index in [9.17, 15) is 15.0 Å². The lowest BCUT2D eigenvalue weighted by Gasteiger charge is -2.18. The highest BCUT2D eigenvalue weighted by molar-refractivity contribution is 6.30. The third-order valence-corrected chi connectivity index (χ3v) is 2.84. The van der Waals surface area contributed by atoms with Crippen LogP contribution in [0.15, 0.2) is 18.2 Å². The lowest BCUT2D eigenvalue weighted by atomic mass is 9.97. The van der Waals surface area contributed by atoms with Gasteiger partial charge in [0, 0.05) is 5.02 Å². The van der Waals surface area contributed by atoms with Gasteiger partial charge in [0.15, 0.2) is 0 Å². The molecule has 2 atom stereocenters. The van der Waals surface area contributed by atoms with E-state index in [2.05, 4.69) is 0 Å². The number of benzene rings is 1. The molecular formula is C11H12Cl2O4. The van der Waals surface area contributed by atoms with Crippen LogP contribution >= 0.6 is 23.2 Å². The molecule has 0 aromatic heterocycles. The van der Waals surface area contributed by atoms with Gasteiger partial charge in [-0.25, -0.2) is 0 Å². The number of halogens is 2. The average Bonchev–Trinajstić information content (AvgIpc) is 2.26. The van der Waals surface area contributed by atoms with Crippen molar-refractivity contribution in [2.75, 3.05) is 5.88 Å². The zero-order valence-corrected chi connectivity index (χ0v) is 10.3. The van der Waals surface area contributed by atoms with Crippen LogP contribution < -0.4 is 0 Å². The summed E-state index contributed by atoms with van der Waals surface area (Å²) in [6.07, 6.45) is -2.65. The fraction of sp³-hybridized carbons (Fsp3) is 0.364. The highest BCUT2D eigenvalue weighted by atomic mass is 35.5. The summed E-state index contributed by atoms with van der Waals surface area (Å²) < 4.78 is 0. The Morgan fingerprint density at radius 2 is 2.00 bits per heavy atom. The van der Waals surface area contributed by atoms with Gasteiger partial charge in [0.1, 0.15) is 6.10 Å². The van der Waals surface area contributed by atoms with Crippen molar-refractivity contribution < 1.29 is 20.1 Å². The van der Waals surface area contributed by atoms with Gasteiger partial charge in [-0.1, -0.05) is 17.7 Å². The number of carboxylic acid groups (broad SMARTS) is 1. The van der Waals surface area contributed by atoms with Crippen LogP contribution in [0.4, 0.5) is 0 Å². The maximum Gasteiger partial charge on any atom is 0.307 e. The Bertz CT molecular complexity index is 408. The van der Waals surface area contributed by atoms with Crippen molar-refractivity contribution in [3.8, 4) is 0 Å². The summed E-state index contributed by atoms with van der Waals surface area (Å²) in [5.41, 5.74) is 0.687. The second kappa shape index (κ2) is 6.21. The largest absolute Gasteiger partial charge is 0.481 e. The molecule has 0 radical (unpaired) electrons. The molecule has 1 aromatic rings. The molecule has 0 fully saturated rings. The summed E-state index contributed by atoms with van der Waals surface area (Å²) in [5.74, 6) is -1.18. The monoisotopic (exact) mass is 278 g/mol. The van der Waals surface area contributed by atoms with Gasteiger partial charge in [-0.15, -0.1) is 11.6 Å². The minimum atomic E-state index is -1.22. The van der Waals surface area contributed by atoms with Gasteiger partial charge in [0.05, 0.1) is 18.4 Å². The minimum Gasteiger partial charge on any atom is -0.481 e. The summed E-state index contributed by atoms with van der Waals surface area (Å²) in [6.45, 7) is 0. The molecule has 0 aliphatic heterocycles. The SMILES string of the molecule is O=C(O)Cc1cc(Cl)ccc1C(O)C(O)CCl. The Labute approximate surface area is 108 Å². The molecule has 0 spiro atoms. The number of aliphatic carboxylic acids is 1. The summed E-state index contributed by atoms with van der Waals surface area (Å²) in [7, 11) is 0. The van der Waals surface area contributed by atoms with E-state index in [1.54, 1.807) is 0 Å². The Morgan fingerprint density at radius 3 is 2.53 bits per heavy atom. The number of alkyl halides is 1. The number of carboxylic acids is 1. The molecule has 1 aromatic carbocycles. The number of aliphatic hydroxyl groups is 2. The lowest BCUT2D eigenvalue weighted by molar-refractivity contribution is -0.136. The second-order valence-corrected chi connectivity index (χ2v) is 4.33. The van der Waals surface area contributed by atoms with Crippen LogP contribution in [0.1, 0.15) is 17.2 Å². The van der Waals surface area contributed by atoms with Gasteiger partial charge >= 0.3 is 5.97 Å². The summed E-state index contributed by atoms with van der Waals surface area (Å²) in [4.78, 5) is 10.7. The quantitative estimate of drug-likeness (QED) is 0.715. The standard InChI is InChI=1S/C11H12Cl2O4/c12-5-9(14)11(17)8-2-1-7(13)3-6(8)4-10(15)16/h1-3,9,11,14,17H,4-5H2,(H,15,16). The van der Waals surface area contributed by atoms with Crippen LogP contribution in [0.5, 0.6) is 0 Å². The minimum absolute atomic E-state index is 0.143. The molecule has 0 saturated carbocycles. The second-order valence-electron chi connectivity index (χ2n) is 3.58. The van der Waals surface area contributed by atoms with Crippen molar-refractivity contribution >= 4 is 29.2 Å². The van der Waals surface area contributed by atoms with E-state index >= 15 is 0 Å². The number of carbonyl (C=O) groups is 1. The van der Waals surface area contributed by atoms with Crippen LogP contribution in [-0.2, 0) is 11.2 Å². The van der Waals surface area contributed by atoms with E-state index in [4.69, 9.17) is 28.3 Å². The Kier molecular flexibility index (Phi) is 5.21. The third kappa shape index (κ3) is 3.85. The first-order valence-electron chi connectivity index (χ1n) is 4.88. The maximum absolute atomic E-state index is 10.7. The van der Waals surface area contributed by atoms with E-state index in [0.717, 1.165) is 0 Å². The fourth-order valence-corrected chi connectivity index (χ4v) is 1.83. The van der Waals surface area contributed by atoms with Gasteiger partial charge in [0.25, 0.3) is 0 Å². The van der Waals surface area contributed by atoms with E-state index in [1.807, 2.05) is 0 Å². The van der Waals surface area contributed by atoms with Gasteiger partial charge in [-0.3, -0.25) is 4.79 Å². The molecule has 0 aliphatic carbocycles. The Morgan fingerprint density at radius 1 is 1.35 bits per heavy atom. The molecule has 2 unspecified atom stereocenters. The van der Waals surface area contributed by atoms with Crippen molar-refractivity contribution in [1.82, 2.24) is 0 Å². The topological polar surface area (TPSA) is 77.8 Å². The highest BCUT2D eigenvalue weighted by Crippen LogP contribution is 2.25. The molecular weight excluding hydrogens is 267 g/mol. The predicted octanol–water partition coefficient (Wildman–Crippen LogP) is 1.60. The van der Waals surface area contributed by atoms with E-state index < -0.39 is 18.2 Å². The van der Waals surface area contributed by atoms with Gasteiger partial charge in [0.2, 0.25) is 0 Å². The molecule has 0 amide bonds. The van der Waals surface area contributed by atoms with Crippen LogP contribution in [-0.4, -0.2) is 33.3 Å². The molecule has 6 heteroatoms.